The number of fused-ring (bicyclic) bond motifs is 1. The van der Waals surface area contributed by atoms with Gasteiger partial charge in [-0.1, -0.05) is 53.2 Å². The highest BCUT2D eigenvalue weighted by atomic mass is 35.5. The summed E-state index contributed by atoms with van der Waals surface area (Å²) in [5.41, 5.74) is 6.17. The summed E-state index contributed by atoms with van der Waals surface area (Å²) in [5, 5.41) is 27.2. The van der Waals surface area contributed by atoms with Crippen LogP contribution in [0.1, 0.15) is 53.1 Å². The molecule has 0 bridgehead atoms. The first kappa shape index (κ1) is 25.7. The van der Waals surface area contributed by atoms with Crippen LogP contribution in [0.25, 0.3) is 10.9 Å². The number of aromatic nitrogens is 5. The summed E-state index contributed by atoms with van der Waals surface area (Å²) in [5.74, 6) is 0. The van der Waals surface area contributed by atoms with Crippen LogP contribution in [0.2, 0.25) is 5.02 Å². The largest absolute Gasteiger partial charge is 0.377 e. The third-order valence-corrected chi connectivity index (χ3v) is 7.48. The fourth-order valence-corrected chi connectivity index (χ4v) is 5.15. The first-order valence-corrected chi connectivity index (χ1v) is 13.4. The summed E-state index contributed by atoms with van der Waals surface area (Å²) >= 11 is 6.79. The first-order valence-electron chi connectivity index (χ1n) is 13.0. The topological polar surface area (TPSA) is 114 Å². The van der Waals surface area contributed by atoms with Crippen molar-refractivity contribution < 1.29 is 4.74 Å². The van der Waals surface area contributed by atoms with E-state index in [2.05, 4.69) is 56.0 Å². The molecule has 2 aromatic carbocycles. The van der Waals surface area contributed by atoms with Crippen molar-refractivity contribution in [3.8, 4) is 6.07 Å². The quantitative estimate of drug-likeness (QED) is 0.242. The molecule has 200 valence electrons. The minimum absolute atomic E-state index is 0.0504. The molecule has 0 radical (unpaired) electrons. The van der Waals surface area contributed by atoms with Crippen LogP contribution < -0.4 is 10.6 Å². The fourth-order valence-electron chi connectivity index (χ4n) is 4.88. The molecule has 2 atom stereocenters. The van der Waals surface area contributed by atoms with Crippen molar-refractivity contribution in [3.63, 3.8) is 0 Å². The second kappa shape index (κ2) is 10.9. The van der Waals surface area contributed by atoms with E-state index in [9.17, 15) is 5.26 Å². The SMILES string of the molecule is Cc1ncccc1C(Nc1cc(Cl)c2ncc(C#N)c(NC(C)c3ccccc3)c2c1)c1cn(C2COC2)nn1. The summed E-state index contributed by atoms with van der Waals surface area (Å²) in [7, 11) is 0. The fraction of sp³-hybridized carbons (Fsp3) is 0.233. The lowest BCUT2D eigenvalue weighted by molar-refractivity contribution is -0.0293. The molecule has 1 aliphatic heterocycles. The van der Waals surface area contributed by atoms with E-state index in [0.717, 1.165) is 33.6 Å². The molecule has 9 nitrogen and oxygen atoms in total. The number of aryl methyl sites for hydroxylation is 1. The van der Waals surface area contributed by atoms with Crippen molar-refractivity contribution in [2.75, 3.05) is 23.8 Å². The van der Waals surface area contributed by atoms with Crippen LogP contribution in [0.5, 0.6) is 0 Å². The monoisotopic (exact) mass is 550 g/mol. The summed E-state index contributed by atoms with van der Waals surface area (Å²) in [6.07, 6.45) is 5.28. The Kier molecular flexibility index (Phi) is 7.03. The van der Waals surface area contributed by atoms with Crippen molar-refractivity contribution in [2.45, 2.75) is 32.0 Å². The molecule has 1 aliphatic rings. The number of nitrogens with one attached hydrogen (secondary N) is 2. The number of benzene rings is 2. The Bertz CT molecular complexity index is 1710. The molecular weight excluding hydrogens is 524 g/mol. The van der Waals surface area contributed by atoms with Crippen molar-refractivity contribution >= 4 is 33.9 Å². The molecule has 0 saturated carbocycles. The van der Waals surface area contributed by atoms with Crippen LogP contribution in [0, 0.1) is 18.3 Å². The van der Waals surface area contributed by atoms with Gasteiger partial charge in [-0.05, 0) is 37.6 Å². The molecule has 0 aliphatic carbocycles. The standard InChI is InChI=1S/C30H27ClN8O/c1-18(20-7-4-3-5-8-20)35-28-21(13-32)14-34-29-25(28)11-22(12-26(29)31)36-30(24-9-6-10-33-19(24)2)27-15-39(38-37-27)23-16-40-17-23/h3-12,14-15,18,23,30,36H,16-17H2,1-2H3,(H,34,35). The van der Waals surface area contributed by atoms with Gasteiger partial charge in [-0.2, -0.15) is 5.26 Å². The van der Waals surface area contributed by atoms with E-state index >= 15 is 0 Å². The number of halogens is 1. The Hall–Kier alpha value is -4.52. The van der Waals surface area contributed by atoms with Gasteiger partial charge in [0, 0.05) is 40.8 Å². The van der Waals surface area contributed by atoms with Gasteiger partial charge in [0.15, 0.2) is 0 Å². The zero-order chi connectivity index (χ0) is 27.6. The maximum atomic E-state index is 9.93. The predicted molar refractivity (Wildman–Crippen MR) is 154 cm³/mol. The van der Waals surface area contributed by atoms with E-state index in [0.29, 0.717) is 35.0 Å². The third-order valence-electron chi connectivity index (χ3n) is 7.19. The maximum Gasteiger partial charge on any atom is 0.110 e. The number of hydrogen-bond donors (Lipinski definition) is 2. The molecule has 40 heavy (non-hydrogen) atoms. The Morgan fingerprint density at radius 2 is 1.93 bits per heavy atom. The number of hydrogen-bond acceptors (Lipinski definition) is 8. The molecule has 1 fully saturated rings. The number of nitriles is 1. The summed E-state index contributed by atoms with van der Waals surface area (Å²) in [4.78, 5) is 9.02. The molecule has 10 heteroatoms. The van der Waals surface area contributed by atoms with Gasteiger partial charge in [0.1, 0.15) is 17.8 Å². The minimum Gasteiger partial charge on any atom is -0.377 e. The smallest absolute Gasteiger partial charge is 0.110 e. The van der Waals surface area contributed by atoms with E-state index in [-0.39, 0.29) is 18.1 Å². The van der Waals surface area contributed by atoms with E-state index < -0.39 is 0 Å². The molecule has 3 aromatic heterocycles. The Labute approximate surface area is 236 Å². The van der Waals surface area contributed by atoms with Gasteiger partial charge >= 0.3 is 0 Å². The third kappa shape index (κ3) is 4.95. The minimum atomic E-state index is -0.344. The van der Waals surface area contributed by atoms with Gasteiger partial charge in [0.2, 0.25) is 0 Å². The molecule has 2 unspecified atom stereocenters. The highest BCUT2D eigenvalue weighted by Gasteiger charge is 2.26. The Morgan fingerprint density at radius 3 is 2.65 bits per heavy atom. The predicted octanol–water partition coefficient (Wildman–Crippen LogP) is 6.00. The van der Waals surface area contributed by atoms with Gasteiger partial charge in [-0.15, -0.1) is 5.10 Å². The van der Waals surface area contributed by atoms with E-state index in [1.165, 1.54) is 0 Å². The number of nitrogens with zero attached hydrogens (tertiary/aromatic N) is 6. The number of anilines is 2. The summed E-state index contributed by atoms with van der Waals surface area (Å²) in [6.45, 7) is 5.28. The highest BCUT2D eigenvalue weighted by molar-refractivity contribution is 6.35. The summed E-state index contributed by atoms with van der Waals surface area (Å²) < 4.78 is 7.18. The van der Waals surface area contributed by atoms with Gasteiger partial charge in [-0.25, -0.2) is 4.68 Å². The van der Waals surface area contributed by atoms with E-state index in [1.807, 2.05) is 60.3 Å². The molecule has 0 spiro atoms. The first-order chi connectivity index (χ1) is 19.5. The van der Waals surface area contributed by atoms with Crippen LogP contribution in [0.15, 0.2) is 73.2 Å². The normalized spacial score (nSPS) is 14.8. The van der Waals surface area contributed by atoms with Crippen LogP contribution in [-0.2, 0) is 4.74 Å². The number of pyridine rings is 2. The maximum absolute atomic E-state index is 9.93. The second-order valence-electron chi connectivity index (χ2n) is 9.86. The lowest BCUT2D eigenvalue weighted by atomic mass is 10.0. The van der Waals surface area contributed by atoms with Crippen LogP contribution in [-0.4, -0.2) is 38.2 Å². The zero-order valence-electron chi connectivity index (χ0n) is 22.0. The van der Waals surface area contributed by atoms with Crippen molar-refractivity contribution in [1.29, 1.82) is 5.26 Å². The Balaban J connectivity index is 1.42. The molecule has 5 aromatic rings. The lowest BCUT2D eigenvalue weighted by Crippen LogP contribution is -2.31. The van der Waals surface area contributed by atoms with Gasteiger partial charge in [-0.3, -0.25) is 9.97 Å². The van der Waals surface area contributed by atoms with Crippen molar-refractivity contribution in [1.82, 2.24) is 25.0 Å². The molecular formula is C30H27ClN8O. The van der Waals surface area contributed by atoms with Crippen LogP contribution in [0.3, 0.4) is 0 Å². The highest BCUT2D eigenvalue weighted by Crippen LogP contribution is 2.37. The second-order valence-corrected chi connectivity index (χ2v) is 10.3. The Morgan fingerprint density at radius 1 is 1.10 bits per heavy atom. The van der Waals surface area contributed by atoms with Gasteiger partial charge in [0.05, 0.1) is 47.2 Å². The molecule has 2 N–H and O–H groups in total. The van der Waals surface area contributed by atoms with Gasteiger partial charge < -0.3 is 15.4 Å². The molecule has 6 rings (SSSR count). The molecule has 4 heterocycles. The van der Waals surface area contributed by atoms with Crippen LogP contribution >= 0.6 is 11.6 Å². The summed E-state index contributed by atoms with van der Waals surface area (Å²) in [6, 6.07) is 19.9. The van der Waals surface area contributed by atoms with Crippen molar-refractivity contribution in [3.05, 3.63) is 106 Å². The number of rotatable bonds is 8. The van der Waals surface area contributed by atoms with E-state index in [1.54, 1.807) is 12.4 Å². The number of ether oxygens (including phenoxy) is 1. The van der Waals surface area contributed by atoms with Gasteiger partial charge in [0.25, 0.3) is 0 Å². The molecule has 0 amide bonds. The van der Waals surface area contributed by atoms with Crippen LogP contribution in [0.4, 0.5) is 11.4 Å². The molecule has 1 saturated heterocycles. The van der Waals surface area contributed by atoms with Crippen molar-refractivity contribution in [2.24, 2.45) is 0 Å². The average Bonchev–Trinajstić information content (AvgIpc) is 3.41. The van der Waals surface area contributed by atoms with E-state index in [4.69, 9.17) is 16.3 Å². The zero-order valence-corrected chi connectivity index (χ0v) is 22.8. The average molecular weight is 551 g/mol. The lowest BCUT2D eigenvalue weighted by Gasteiger charge is -2.25.